The molecule has 1 N–H and O–H groups in total. The number of nitrogens with zero attached hydrogens (tertiary/aromatic N) is 1. The van der Waals surface area contributed by atoms with Gasteiger partial charge in [-0.05, 0) is 24.3 Å². The number of furan rings is 1. The molecule has 0 saturated carbocycles. The SMILES string of the molecule is Clc1cccc(NCc2ccco2)n1. The van der Waals surface area contributed by atoms with Crippen LogP contribution in [0.15, 0.2) is 41.0 Å². The Morgan fingerprint density at radius 2 is 2.21 bits per heavy atom. The van der Waals surface area contributed by atoms with E-state index in [-0.39, 0.29) is 0 Å². The summed E-state index contributed by atoms with van der Waals surface area (Å²) in [7, 11) is 0. The Bertz CT molecular complexity index is 400. The van der Waals surface area contributed by atoms with Crippen LogP contribution in [0.2, 0.25) is 5.15 Å². The first-order valence-corrected chi connectivity index (χ1v) is 4.61. The first kappa shape index (κ1) is 9.09. The highest BCUT2D eigenvalue weighted by molar-refractivity contribution is 6.29. The third kappa shape index (κ3) is 2.26. The minimum absolute atomic E-state index is 0.481. The summed E-state index contributed by atoms with van der Waals surface area (Å²) in [5.74, 6) is 1.61. The second-order valence-corrected chi connectivity index (χ2v) is 3.17. The Labute approximate surface area is 86.7 Å². The zero-order chi connectivity index (χ0) is 9.80. The Morgan fingerprint density at radius 3 is 2.93 bits per heavy atom. The second kappa shape index (κ2) is 4.15. The topological polar surface area (TPSA) is 38.1 Å². The van der Waals surface area contributed by atoms with E-state index >= 15 is 0 Å². The molecule has 4 heteroatoms. The van der Waals surface area contributed by atoms with Crippen LogP contribution in [0.1, 0.15) is 5.76 Å². The zero-order valence-corrected chi connectivity index (χ0v) is 8.16. The van der Waals surface area contributed by atoms with Crippen molar-refractivity contribution in [3.05, 3.63) is 47.5 Å². The number of hydrogen-bond acceptors (Lipinski definition) is 3. The predicted molar refractivity (Wildman–Crippen MR) is 55.3 cm³/mol. The Hall–Kier alpha value is -1.48. The van der Waals surface area contributed by atoms with Crippen molar-refractivity contribution in [3.8, 4) is 0 Å². The number of anilines is 1. The van der Waals surface area contributed by atoms with Gasteiger partial charge in [-0.25, -0.2) is 4.98 Å². The van der Waals surface area contributed by atoms with Gasteiger partial charge in [-0.3, -0.25) is 0 Å². The van der Waals surface area contributed by atoms with Crippen LogP contribution in [0.5, 0.6) is 0 Å². The molecule has 3 nitrogen and oxygen atoms in total. The molecule has 0 atom stereocenters. The molecule has 0 aromatic carbocycles. The molecule has 0 saturated heterocycles. The lowest BCUT2D eigenvalue weighted by Gasteiger charge is -2.02. The minimum Gasteiger partial charge on any atom is -0.467 e. The van der Waals surface area contributed by atoms with Crippen LogP contribution in [-0.2, 0) is 6.54 Å². The van der Waals surface area contributed by atoms with E-state index in [0.717, 1.165) is 11.6 Å². The lowest BCUT2D eigenvalue weighted by molar-refractivity contribution is 0.518. The van der Waals surface area contributed by atoms with Gasteiger partial charge in [0, 0.05) is 0 Å². The molecular weight excluding hydrogens is 200 g/mol. The van der Waals surface area contributed by atoms with Crippen molar-refractivity contribution in [2.75, 3.05) is 5.32 Å². The standard InChI is InChI=1S/C10H9ClN2O/c11-9-4-1-5-10(13-9)12-7-8-3-2-6-14-8/h1-6H,7H2,(H,12,13). The van der Waals surface area contributed by atoms with E-state index < -0.39 is 0 Å². The Kier molecular flexibility index (Phi) is 2.70. The van der Waals surface area contributed by atoms with Gasteiger partial charge >= 0.3 is 0 Å². The van der Waals surface area contributed by atoms with Crippen LogP contribution < -0.4 is 5.32 Å². The Morgan fingerprint density at radius 1 is 1.29 bits per heavy atom. The number of hydrogen-bond donors (Lipinski definition) is 1. The van der Waals surface area contributed by atoms with Crippen LogP contribution in [0.25, 0.3) is 0 Å². The van der Waals surface area contributed by atoms with Gasteiger partial charge in [0.2, 0.25) is 0 Å². The molecule has 2 heterocycles. The molecule has 0 bridgehead atoms. The zero-order valence-electron chi connectivity index (χ0n) is 7.40. The smallest absolute Gasteiger partial charge is 0.131 e. The fraction of sp³-hybridized carbons (Fsp3) is 0.100. The highest BCUT2D eigenvalue weighted by Gasteiger charge is 1.97. The molecule has 2 aromatic heterocycles. The van der Waals surface area contributed by atoms with Crippen molar-refractivity contribution in [2.24, 2.45) is 0 Å². The quantitative estimate of drug-likeness (QED) is 0.789. The van der Waals surface area contributed by atoms with Crippen LogP contribution in [0.4, 0.5) is 5.82 Å². The van der Waals surface area contributed by atoms with Crippen LogP contribution in [0.3, 0.4) is 0 Å². The number of pyridine rings is 1. The number of halogens is 1. The molecule has 14 heavy (non-hydrogen) atoms. The third-order valence-electron chi connectivity index (χ3n) is 1.74. The Balaban J connectivity index is 1.98. The van der Waals surface area contributed by atoms with Crippen LogP contribution in [0, 0.1) is 0 Å². The first-order chi connectivity index (χ1) is 6.84. The second-order valence-electron chi connectivity index (χ2n) is 2.78. The lowest BCUT2D eigenvalue weighted by Crippen LogP contribution is -1.99. The average Bonchev–Trinajstić information content (AvgIpc) is 2.67. The monoisotopic (exact) mass is 208 g/mol. The van der Waals surface area contributed by atoms with Crippen molar-refractivity contribution in [2.45, 2.75) is 6.54 Å². The highest BCUT2D eigenvalue weighted by atomic mass is 35.5. The van der Waals surface area contributed by atoms with Crippen molar-refractivity contribution >= 4 is 17.4 Å². The third-order valence-corrected chi connectivity index (χ3v) is 1.95. The number of rotatable bonds is 3. The van der Waals surface area contributed by atoms with Gasteiger partial charge in [0.15, 0.2) is 0 Å². The van der Waals surface area contributed by atoms with Crippen molar-refractivity contribution < 1.29 is 4.42 Å². The molecule has 2 aromatic rings. The summed E-state index contributed by atoms with van der Waals surface area (Å²) >= 11 is 5.73. The predicted octanol–water partition coefficient (Wildman–Crippen LogP) is 2.94. The fourth-order valence-corrected chi connectivity index (χ4v) is 1.26. The van der Waals surface area contributed by atoms with E-state index in [1.54, 1.807) is 12.3 Å². The first-order valence-electron chi connectivity index (χ1n) is 4.23. The normalized spacial score (nSPS) is 10.1. The van der Waals surface area contributed by atoms with Gasteiger partial charge in [0.1, 0.15) is 16.7 Å². The molecule has 0 unspecified atom stereocenters. The molecule has 2 rings (SSSR count). The van der Waals surface area contributed by atoms with E-state index in [2.05, 4.69) is 10.3 Å². The van der Waals surface area contributed by atoms with Crippen molar-refractivity contribution in [1.82, 2.24) is 4.98 Å². The molecule has 0 aliphatic rings. The van der Waals surface area contributed by atoms with Crippen molar-refractivity contribution in [3.63, 3.8) is 0 Å². The average molecular weight is 209 g/mol. The molecule has 0 amide bonds. The van der Waals surface area contributed by atoms with E-state index in [0.29, 0.717) is 11.7 Å². The maximum atomic E-state index is 5.73. The van der Waals surface area contributed by atoms with Gasteiger partial charge in [0.05, 0.1) is 12.8 Å². The van der Waals surface area contributed by atoms with Gasteiger partial charge in [-0.2, -0.15) is 0 Å². The lowest BCUT2D eigenvalue weighted by atomic mass is 10.4. The molecule has 0 fully saturated rings. The van der Waals surface area contributed by atoms with Crippen LogP contribution in [-0.4, -0.2) is 4.98 Å². The van der Waals surface area contributed by atoms with E-state index in [4.69, 9.17) is 16.0 Å². The van der Waals surface area contributed by atoms with E-state index in [9.17, 15) is 0 Å². The molecule has 0 spiro atoms. The molecule has 0 aliphatic carbocycles. The molecule has 0 radical (unpaired) electrons. The summed E-state index contributed by atoms with van der Waals surface area (Å²) < 4.78 is 5.16. The number of nitrogens with one attached hydrogen (secondary N) is 1. The minimum atomic E-state index is 0.481. The van der Waals surface area contributed by atoms with Crippen LogP contribution >= 0.6 is 11.6 Å². The van der Waals surface area contributed by atoms with E-state index in [1.165, 1.54) is 0 Å². The number of aromatic nitrogens is 1. The highest BCUT2D eigenvalue weighted by Crippen LogP contribution is 2.10. The van der Waals surface area contributed by atoms with Gasteiger partial charge in [-0.15, -0.1) is 0 Å². The largest absolute Gasteiger partial charge is 0.467 e. The van der Waals surface area contributed by atoms with Gasteiger partial charge < -0.3 is 9.73 Å². The van der Waals surface area contributed by atoms with Gasteiger partial charge in [0.25, 0.3) is 0 Å². The van der Waals surface area contributed by atoms with Gasteiger partial charge in [-0.1, -0.05) is 17.7 Å². The molecule has 0 aliphatic heterocycles. The summed E-state index contributed by atoms with van der Waals surface area (Å²) in [6.07, 6.45) is 1.64. The molecular formula is C10H9ClN2O. The molecule has 72 valence electrons. The van der Waals surface area contributed by atoms with Crippen molar-refractivity contribution in [1.29, 1.82) is 0 Å². The maximum absolute atomic E-state index is 5.73. The summed E-state index contributed by atoms with van der Waals surface area (Å²) in [6.45, 7) is 0.611. The summed E-state index contributed by atoms with van der Waals surface area (Å²) in [5.41, 5.74) is 0. The summed E-state index contributed by atoms with van der Waals surface area (Å²) in [4.78, 5) is 4.09. The summed E-state index contributed by atoms with van der Waals surface area (Å²) in [5, 5.41) is 3.58. The van der Waals surface area contributed by atoms with E-state index in [1.807, 2.05) is 24.3 Å². The summed E-state index contributed by atoms with van der Waals surface area (Å²) in [6, 6.07) is 9.19. The maximum Gasteiger partial charge on any atom is 0.131 e. The fourth-order valence-electron chi connectivity index (χ4n) is 1.10.